The van der Waals surface area contributed by atoms with Gasteiger partial charge in [0.1, 0.15) is 12.5 Å². The van der Waals surface area contributed by atoms with Gasteiger partial charge in [-0.3, -0.25) is 0 Å². The summed E-state index contributed by atoms with van der Waals surface area (Å²) in [6.45, 7) is 0. The van der Waals surface area contributed by atoms with Crippen LogP contribution >= 0.6 is 23.5 Å². The zero-order valence-corrected chi connectivity index (χ0v) is 13.8. The number of hydrogen-bond donors (Lipinski definition) is 0. The van der Waals surface area contributed by atoms with Gasteiger partial charge in [-0.05, 0) is 47.8 Å². The summed E-state index contributed by atoms with van der Waals surface area (Å²) in [5.41, 5.74) is 0. The molecule has 0 unspecified atom stereocenters. The molecule has 7 heteroatoms. The summed E-state index contributed by atoms with van der Waals surface area (Å²) in [5.74, 6) is 0. The molecule has 0 saturated heterocycles. The molecule has 0 atom stereocenters. The molecule has 0 aliphatic heterocycles. The van der Waals surface area contributed by atoms with Gasteiger partial charge in [0.25, 0.3) is 10.4 Å². The van der Waals surface area contributed by atoms with Crippen molar-refractivity contribution in [1.82, 2.24) is 9.97 Å². The van der Waals surface area contributed by atoms with Crippen molar-refractivity contribution in [2.75, 3.05) is 0 Å². The average Bonchev–Trinajstić information content (AvgIpc) is 3.05. The van der Waals surface area contributed by atoms with Gasteiger partial charge in [-0.15, -0.1) is 0 Å². The predicted molar refractivity (Wildman–Crippen MR) is 68.8 cm³/mol. The normalized spacial score (nSPS) is 10.1. The van der Waals surface area contributed by atoms with Crippen LogP contribution in [-0.4, -0.2) is 9.97 Å². The number of nitrogens with zero attached hydrogens (tertiary/aromatic N) is 2. The second kappa shape index (κ2) is 7.21. The molecule has 0 aliphatic rings. The standard InChI is InChI=1S/C12H8N2O2S2.Na.H/c1-2-10(18-12-14-6-8-16-12)4-3-9(1)17-11-13-5-7-15-11;;/h1-8H;;/q;+1;-1. The Morgan fingerprint density at radius 2 is 1.21 bits per heavy atom. The molecule has 4 nitrogen and oxygen atoms in total. The fourth-order valence-corrected chi connectivity index (χ4v) is 2.68. The van der Waals surface area contributed by atoms with E-state index in [1.807, 2.05) is 24.3 Å². The number of rotatable bonds is 4. The van der Waals surface area contributed by atoms with Crippen molar-refractivity contribution in [3.8, 4) is 0 Å². The Balaban J connectivity index is 0.000001000. The van der Waals surface area contributed by atoms with Crippen LogP contribution < -0.4 is 29.6 Å². The fraction of sp³-hybridized carbons (Fsp3) is 0. The van der Waals surface area contributed by atoms with Crippen LogP contribution in [0.2, 0.25) is 0 Å². The molecule has 0 saturated carbocycles. The van der Waals surface area contributed by atoms with E-state index in [-0.39, 0.29) is 31.0 Å². The Morgan fingerprint density at radius 1 is 0.789 bits per heavy atom. The number of benzene rings is 1. The maximum absolute atomic E-state index is 5.17. The zero-order valence-electron chi connectivity index (χ0n) is 11.1. The van der Waals surface area contributed by atoms with Crippen LogP contribution in [0.3, 0.4) is 0 Å². The first-order valence-corrected chi connectivity index (χ1v) is 6.78. The molecule has 0 spiro atoms. The Bertz CT molecular complexity index is 548. The maximum atomic E-state index is 5.17. The second-order valence-corrected chi connectivity index (χ2v) is 5.32. The van der Waals surface area contributed by atoms with Crippen molar-refractivity contribution in [1.29, 1.82) is 0 Å². The minimum absolute atomic E-state index is 0. The third-order valence-corrected chi connectivity index (χ3v) is 3.82. The van der Waals surface area contributed by atoms with Gasteiger partial charge >= 0.3 is 29.6 Å². The molecule has 19 heavy (non-hydrogen) atoms. The van der Waals surface area contributed by atoms with Gasteiger partial charge in [-0.1, -0.05) is 0 Å². The average molecular weight is 300 g/mol. The molecule has 0 N–H and O–H groups in total. The molecule has 0 bridgehead atoms. The van der Waals surface area contributed by atoms with E-state index in [4.69, 9.17) is 8.83 Å². The molecule has 0 radical (unpaired) electrons. The largest absolute Gasteiger partial charge is 1.00 e. The van der Waals surface area contributed by atoms with Gasteiger partial charge in [0.2, 0.25) is 0 Å². The van der Waals surface area contributed by atoms with E-state index in [0.29, 0.717) is 10.4 Å². The van der Waals surface area contributed by atoms with Crippen molar-refractivity contribution in [2.45, 2.75) is 20.2 Å². The minimum Gasteiger partial charge on any atom is -1.00 e. The quantitative estimate of drug-likeness (QED) is 0.672. The number of aromatic nitrogens is 2. The Labute approximate surface area is 142 Å². The van der Waals surface area contributed by atoms with E-state index < -0.39 is 0 Å². The van der Waals surface area contributed by atoms with Crippen molar-refractivity contribution >= 4 is 23.5 Å². The summed E-state index contributed by atoms with van der Waals surface area (Å²) < 4.78 is 10.3. The zero-order chi connectivity index (χ0) is 12.2. The van der Waals surface area contributed by atoms with E-state index in [2.05, 4.69) is 9.97 Å². The number of hydrogen-bond acceptors (Lipinski definition) is 6. The molecule has 2 heterocycles. The summed E-state index contributed by atoms with van der Waals surface area (Å²) in [4.78, 5) is 10.3. The summed E-state index contributed by atoms with van der Waals surface area (Å²) in [6, 6.07) is 8.06. The van der Waals surface area contributed by atoms with E-state index in [9.17, 15) is 0 Å². The molecule has 3 aromatic rings. The van der Waals surface area contributed by atoms with E-state index >= 15 is 0 Å². The van der Waals surface area contributed by atoms with E-state index in [1.54, 1.807) is 24.9 Å². The van der Waals surface area contributed by atoms with Gasteiger partial charge in [0, 0.05) is 9.79 Å². The van der Waals surface area contributed by atoms with Gasteiger partial charge in [-0.25, -0.2) is 9.97 Å². The summed E-state index contributed by atoms with van der Waals surface area (Å²) in [6.07, 6.45) is 6.40. The Hall–Kier alpha value is -0.660. The molecular weight excluding hydrogens is 291 g/mol. The molecule has 1 aromatic carbocycles. The number of oxazole rings is 2. The SMILES string of the molecule is [H-].[Na+].c1coc(Sc2ccc(Sc3ncco3)cc2)n1. The molecule has 92 valence electrons. The van der Waals surface area contributed by atoms with Crippen LogP contribution in [0, 0.1) is 0 Å². The van der Waals surface area contributed by atoms with Crippen LogP contribution in [0.4, 0.5) is 0 Å². The summed E-state index contributed by atoms with van der Waals surface area (Å²) in [5, 5.41) is 1.28. The van der Waals surface area contributed by atoms with Gasteiger partial charge in [0.15, 0.2) is 0 Å². The maximum Gasteiger partial charge on any atom is 1.00 e. The smallest absolute Gasteiger partial charge is 1.00 e. The predicted octanol–water partition coefficient (Wildman–Crippen LogP) is 1.08. The first-order valence-electron chi connectivity index (χ1n) is 5.15. The second-order valence-electron chi connectivity index (χ2n) is 3.27. The molecule has 3 rings (SSSR count). The van der Waals surface area contributed by atoms with Crippen LogP contribution in [-0.2, 0) is 0 Å². The van der Waals surface area contributed by atoms with Gasteiger partial charge in [0.05, 0.1) is 12.4 Å². The molecule has 0 amide bonds. The van der Waals surface area contributed by atoms with E-state index in [1.165, 1.54) is 23.5 Å². The van der Waals surface area contributed by atoms with Crippen molar-refractivity contribution < 1.29 is 39.8 Å². The minimum atomic E-state index is 0. The van der Waals surface area contributed by atoms with Gasteiger partial charge in [-0.2, -0.15) is 0 Å². The Morgan fingerprint density at radius 3 is 1.53 bits per heavy atom. The molecule has 0 fully saturated rings. The fourth-order valence-electron chi connectivity index (χ4n) is 1.30. The van der Waals surface area contributed by atoms with Crippen LogP contribution in [0.25, 0.3) is 0 Å². The third kappa shape index (κ3) is 4.15. The molecule has 2 aromatic heterocycles. The van der Waals surface area contributed by atoms with Gasteiger partial charge < -0.3 is 10.3 Å². The molecule has 0 aliphatic carbocycles. The first kappa shape index (κ1) is 14.7. The van der Waals surface area contributed by atoms with Crippen LogP contribution in [0.5, 0.6) is 0 Å². The van der Waals surface area contributed by atoms with Crippen LogP contribution in [0.15, 0.2) is 78.3 Å². The van der Waals surface area contributed by atoms with Crippen molar-refractivity contribution in [3.63, 3.8) is 0 Å². The monoisotopic (exact) mass is 300 g/mol. The first-order chi connectivity index (χ1) is 8.90. The van der Waals surface area contributed by atoms with E-state index in [0.717, 1.165) is 9.79 Å². The Kier molecular flexibility index (Phi) is 5.59. The summed E-state index contributed by atoms with van der Waals surface area (Å²) >= 11 is 2.97. The van der Waals surface area contributed by atoms with Crippen molar-refractivity contribution in [3.05, 3.63) is 49.2 Å². The van der Waals surface area contributed by atoms with Crippen LogP contribution in [0.1, 0.15) is 1.43 Å². The topological polar surface area (TPSA) is 52.1 Å². The van der Waals surface area contributed by atoms with Crippen molar-refractivity contribution in [2.24, 2.45) is 0 Å². The third-order valence-electron chi connectivity index (χ3n) is 2.05. The molecular formula is C12H9N2NaO2S2. The summed E-state index contributed by atoms with van der Waals surface area (Å²) in [7, 11) is 0.